The van der Waals surface area contributed by atoms with E-state index in [1.54, 1.807) is 17.7 Å². The maximum atomic E-state index is 9.59. The number of aromatic nitrogens is 3. The lowest BCUT2D eigenvalue weighted by atomic mass is 10.1. The zero-order chi connectivity index (χ0) is 18.8. The van der Waals surface area contributed by atoms with Crippen molar-refractivity contribution >= 4 is 27.4 Å². The molecule has 6 nitrogen and oxygen atoms in total. The summed E-state index contributed by atoms with van der Waals surface area (Å²) in [5.41, 5.74) is 4.38. The quantitative estimate of drug-likeness (QED) is 0.731. The topological polar surface area (TPSA) is 65.4 Å². The Morgan fingerprint density at radius 3 is 2.93 bits per heavy atom. The monoisotopic (exact) mass is 383 g/mol. The number of piperazine rings is 1. The van der Waals surface area contributed by atoms with Crippen LogP contribution in [0.2, 0.25) is 0 Å². The van der Waals surface area contributed by atoms with Crippen LogP contribution in [0.1, 0.15) is 23.4 Å². The van der Waals surface area contributed by atoms with Gasteiger partial charge in [-0.2, -0.15) is 0 Å². The molecule has 0 spiro atoms. The lowest BCUT2D eigenvalue weighted by Crippen LogP contribution is -2.53. The summed E-state index contributed by atoms with van der Waals surface area (Å²) in [4.78, 5) is 18.5. The maximum absolute atomic E-state index is 9.59. The Hall–Kier alpha value is -2.09. The van der Waals surface area contributed by atoms with Gasteiger partial charge in [0.25, 0.3) is 0 Å². The lowest BCUT2D eigenvalue weighted by molar-refractivity contribution is 0.134. The zero-order valence-corrected chi connectivity index (χ0v) is 16.6. The number of aryl methyl sites for hydroxylation is 2. The third kappa shape index (κ3) is 3.81. The second kappa shape index (κ2) is 7.88. The lowest BCUT2D eigenvalue weighted by Gasteiger charge is -2.41. The number of thiophene rings is 1. The highest BCUT2D eigenvalue weighted by atomic mass is 32.1. The Kier molecular flexibility index (Phi) is 5.33. The normalized spacial score (nSPS) is 18.3. The Bertz CT molecular complexity index is 928. The number of hydrogen-bond donors (Lipinski definition) is 1. The zero-order valence-electron chi connectivity index (χ0n) is 15.8. The molecule has 7 heteroatoms. The van der Waals surface area contributed by atoms with Gasteiger partial charge >= 0.3 is 0 Å². The molecule has 0 aromatic carbocycles. The molecule has 4 heterocycles. The average Bonchev–Trinajstić information content (AvgIpc) is 3.05. The molecule has 1 aliphatic heterocycles. The first-order valence-electron chi connectivity index (χ1n) is 9.37. The molecule has 1 saturated heterocycles. The van der Waals surface area contributed by atoms with E-state index in [1.165, 1.54) is 5.56 Å². The van der Waals surface area contributed by atoms with Gasteiger partial charge < -0.3 is 10.0 Å². The summed E-state index contributed by atoms with van der Waals surface area (Å²) < 4.78 is 1.16. The van der Waals surface area contributed by atoms with E-state index < -0.39 is 0 Å². The molecule has 0 radical (unpaired) electrons. The third-order valence-corrected chi connectivity index (χ3v) is 6.27. The molecule has 3 aromatic rings. The van der Waals surface area contributed by atoms with Gasteiger partial charge in [0.05, 0.1) is 15.9 Å². The van der Waals surface area contributed by atoms with E-state index in [0.29, 0.717) is 0 Å². The van der Waals surface area contributed by atoms with Crippen molar-refractivity contribution in [2.24, 2.45) is 0 Å². The van der Waals surface area contributed by atoms with E-state index in [-0.39, 0.29) is 12.6 Å². The number of pyridine rings is 1. The van der Waals surface area contributed by atoms with Gasteiger partial charge in [0.1, 0.15) is 12.1 Å². The van der Waals surface area contributed by atoms with Crippen molar-refractivity contribution in [3.05, 3.63) is 46.9 Å². The minimum absolute atomic E-state index is 0.188. The number of rotatable bonds is 5. The van der Waals surface area contributed by atoms with Crippen LogP contribution in [0, 0.1) is 13.8 Å². The number of hydrogen-bond acceptors (Lipinski definition) is 7. The molecular weight excluding hydrogens is 358 g/mol. The smallest absolute Gasteiger partial charge is 0.150 e. The molecular formula is C20H25N5OS. The number of anilines is 1. The number of nitrogens with zero attached hydrogens (tertiary/aromatic N) is 5. The fourth-order valence-electron chi connectivity index (χ4n) is 3.79. The van der Waals surface area contributed by atoms with E-state index in [2.05, 4.69) is 49.2 Å². The van der Waals surface area contributed by atoms with Crippen molar-refractivity contribution < 1.29 is 5.11 Å². The van der Waals surface area contributed by atoms with Crippen LogP contribution in [0.4, 0.5) is 5.82 Å². The summed E-state index contributed by atoms with van der Waals surface area (Å²) in [5, 5.41) is 11.7. The van der Waals surface area contributed by atoms with Crippen molar-refractivity contribution in [2.45, 2.75) is 32.9 Å². The predicted octanol–water partition coefficient (Wildman–Crippen LogP) is 2.78. The molecule has 1 fully saturated rings. The van der Waals surface area contributed by atoms with Gasteiger partial charge in [-0.1, -0.05) is 6.07 Å². The van der Waals surface area contributed by atoms with Gasteiger partial charge in [-0.25, -0.2) is 9.97 Å². The highest BCUT2D eigenvalue weighted by molar-refractivity contribution is 7.18. The largest absolute Gasteiger partial charge is 0.396 e. The summed E-state index contributed by atoms with van der Waals surface area (Å²) in [7, 11) is 0. The van der Waals surface area contributed by atoms with Crippen LogP contribution in [0.15, 0.2) is 29.9 Å². The molecule has 0 aliphatic carbocycles. The fourth-order valence-corrected chi connectivity index (χ4v) is 4.81. The van der Waals surface area contributed by atoms with Crippen LogP contribution in [0.3, 0.4) is 0 Å². The molecule has 1 atom stereocenters. The molecule has 1 aliphatic rings. The van der Waals surface area contributed by atoms with Crippen molar-refractivity contribution in [1.82, 2.24) is 19.9 Å². The highest BCUT2D eigenvalue weighted by Gasteiger charge is 2.29. The van der Waals surface area contributed by atoms with E-state index >= 15 is 0 Å². The summed E-state index contributed by atoms with van der Waals surface area (Å²) in [6, 6.07) is 6.44. The molecule has 4 rings (SSSR count). The molecule has 27 heavy (non-hydrogen) atoms. The predicted molar refractivity (Wildman–Crippen MR) is 109 cm³/mol. The van der Waals surface area contributed by atoms with Gasteiger partial charge in [0, 0.05) is 44.5 Å². The molecule has 0 unspecified atom stereocenters. The van der Waals surface area contributed by atoms with Crippen molar-refractivity contribution in [2.75, 3.05) is 31.1 Å². The van der Waals surface area contributed by atoms with E-state index in [0.717, 1.165) is 60.0 Å². The van der Waals surface area contributed by atoms with Crippen LogP contribution in [-0.2, 0) is 6.54 Å². The van der Waals surface area contributed by atoms with Crippen LogP contribution in [-0.4, -0.2) is 57.2 Å². The third-order valence-electron chi connectivity index (χ3n) is 5.19. The number of aliphatic hydroxyl groups is 1. The molecule has 142 valence electrons. The van der Waals surface area contributed by atoms with Gasteiger partial charge in [-0.15, -0.1) is 11.3 Å². The summed E-state index contributed by atoms with van der Waals surface area (Å²) in [6.45, 7) is 7.82. The number of aliphatic hydroxyl groups excluding tert-OH is 1. The first-order chi connectivity index (χ1) is 13.2. The maximum Gasteiger partial charge on any atom is 0.150 e. The van der Waals surface area contributed by atoms with Gasteiger partial charge in [0.15, 0.2) is 0 Å². The van der Waals surface area contributed by atoms with Crippen molar-refractivity contribution in [1.29, 1.82) is 0 Å². The fraction of sp³-hybridized carbons (Fsp3) is 0.450. The Morgan fingerprint density at radius 2 is 2.11 bits per heavy atom. The summed E-state index contributed by atoms with van der Waals surface area (Å²) >= 11 is 1.71. The second-order valence-corrected chi connectivity index (χ2v) is 8.03. The average molecular weight is 384 g/mol. The van der Waals surface area contributed by atoms with Crippen LogP contribution < -0.4 is 4.90 Å². The van der Waals surface area contributed by atoms with Crippen molar-refractivity contribution in [3.8, 4) is 0 Å². The molecule has 0 saturated carbocycles. The van der Waals surface area contributed by atoms with Gasteiger partial charge in [-0.05, 0) is 43.3 Å². The van der Waals surface area contributed by atoms with Gasteiger partial charge in [0.2, 0.25) is 0 Å². The molecule has 1 N–H and O–H groups in total. The van der Waals surface area contributed by atoms with Crippen LogP contribution in [0.5, 0.6) is 0 Å². The number of fused-ring (bicyclic) bond motifs is 1. The first kappa shape index (κ1) is 18.3. The van der Waals surface area contributed by atoms with Gasteiger partial charge in [-0.3, -0.25) is 9.88 Å². The highest BCUT2D eigenvalue weighted by Crippen LogP contribution is 2.32. The van der Waals surface area contributed by atoms with E-state index in [4.69, 9.17) is 0 Å². The van der Waals surface area contributed by atoms with E-state index in [9.17, 15) is 5.11 Å². The van der Waals surface area contributed by atoms with E-state index in [1.807, 2.05) is 13.0 Å². The summed E-state index contributed by atoms with van der Waals surface area (Å²) in [5.74, 6) is 1.02. The SMILES string of the molecule is Cc1cccc(CN2CCN(c3ncnc4c(C)csc34)C[C@@H]2CCO)n1. The van der Waals surface area contributed by atoms with Crippen LogP contribution in [0.25, 0.3) is 10.2 Å². The first-order valence-corrected chi connectivity index (χ1v) is 10.2. The molecule has 0 amide bonds. The summed E-state index contributed by atoms with van der Waals surface area (Å²) in [6.07, 6.45) is 2.42. The Labute approximate surface area is 163 Å². The standard InChI is InChI=1S/C20H25N5OS/c1-14-12-27-19-18(14)21-13-22-20(19)25-8-7-24(17(11-25)6-9-26)10-16-5-3-4-15(2)23-16/h3-5,12-13,17,26H,6-11H2,1-2H3/t17-/m0/s1. The minimum Gasteiger partial charge on any atom is -0.396 e. The Morgan fingerprint density at radius 1 is 1.22 bits per heavy atom. The molecule has 0 bridgehead atoms. The van der Waals surface area contributed by atoms with Crippen LogP contribution >= 0.6 is 11.3 Å². The second-order valence-electron chi connectivity index (χ2n) is 7.15. The van der Waals surface area contributed by atoms with Crippen molar-refractivity contribution in [3.63, 3.8) is 0 Å². The minimum atomic E-state index is 0.188. The molecule has 3 aromatic heterocycles. The Balaban J connectivity index is 1.55.